The smallest absolute Gasteiger partial charge is 0.0243 e. The first-order valence-electron chi connectivity index (χ1n) is 6.63. The molecule has 0 amide bonds. The van der Waals surface area contributed by atoms with Crippen molar-refractivity contribution in [1.29, 1.82) is 0 Å². The van der Waals surface area contributed by atoms with Gasteiger partial charge >= 0.3 is 0 Å². The van der Waals surface area contributed by atoms with E-state index >= 15 is 0 Å². The van der Waals surface area contributed by atoms with E-state index in [1.807, 2.05) is 0 Å². The van der Waals surface area contributed by atoms with E-state index in [2.05, 4.69) is 12.4 Å². The van der Waals surface area contributed by atoms with Gasteiger partial charge in [0.1, 0.15) is 0 Å². The van der Waals surface area contributed by atoms with Crippen molar-refractivity contribution in [3.63, 3.8) is 0 Å². The average Bonchev–Trinajstić information content (AvgIpc) is 2.16. The Balaban J connectivity index is 0.000000963. The number of hydrogen-bond donors (Lipinski definition) is 2. The summed E-state index contributed by atoms with van der Waals surface area (Å²) in [5.41, 5.74) is 6.52. The van der Waals surface area contributed by atoms with E-state index in [-0.39, 0.29) is 12.4 Å². The molecule has 94 valence electrons. The van der Waals surface area contributed by atoms with E-state index in [9.17, 15) is 0 Å². The summed E-state index contributed by atoms with van der Waals surface area (Å²) in [6.45, 7) is 0.822. The highest BCUT2D eigenvalue weighted by Gasteiger charge is 2.53. The van der Waals surface area contributed by atoms with Gasteiger partial charge in [-0.15, -0.1) is 12.4 Å². The van der Waals surface area contributed by atoms with Crippen molar-refractivity contribution in [2.24, 2.45) is 28.9 Å². The zero-order chi connectivity index (χ0) is 10.5. The Kier molecular flexibility index (Phi) is 3.54. The van der Waals surface area contributed by atoms with Gasteiger partial charge in [0.2, 0.25) is 0 Å². The molecule has 0 aliphatic heterocycles. The molecule has 0 radical (unpaired) electrons. The van der Waals surface area contributed by atoms with Crippen LogP contribution in [0.4, 0.5) is 0 Å². The number of nitrogens with one attached hydrogen (secondary N) is 1. The molecule has 4 saturated carbocycles. The topological polar surface area (TPSA) is 38.0 Å². The summed E-state index contributed by atoms with van der Waals surface area (Å²) in [6.07, 6.45) is 8.96. The maximum Gasteiger partial charge on any atom is 0.0243 e. The average molecular weight is 245 g/mol. The van der Waals surface area contributed by atoms with Crippen LogP contribution in [0.5, 0.6) is 0 Å². The van der Waals surface area contributed by atoms with Crippen molar-refractivity contribution < 1.29 is 0 Å². The Morgan fingerprint density at radius 3 is 1.88 bits per heavy atom. The van der Waals surface area contributed by atoms with Gasteiger partial charge in [-0.1, -0.05) is 0 Å². The van der Waals surface area contributed by atoms with E-state index in [1.165, 1.54) is 38.5 Å². The molecule has 3 heteroatoms. The Bertz CT molecular complexity index is 215. The third-order valence-electron chi connectivity index (χ3n) is 5.41. The largest absolute Gasteiger partial charge is 0.329 e. The number of halogens is 1. The maximum atomic E-state index is 5.94. The fourth-order valence-corrected chi connectivity index (χ4v) is 5.28. The number of likely N-dealkylation sites (N-methyl/N-ethyl adjacent to an activating group) is 1. The summed E-state index contributed by atoms with van der Waals surface area (Å²) < 4.78 is 0. The number of hydrogen-bond acceptors (Lipinski definition) is 2. The molecule has 0 aromatic carbocycles. The SMILES string of the molecule is CNC(CN)C12CC3CC(CC(C3)C1)C2.Cl. The predicted octanol–water partition coefficient (Wildman–Crippen LogP) is 2.17. The van der Waals surface area contributed by atoms with E-state index in [4.69, 9.17) is 5.73 Å². The lowest BCUT2D eigenvalue weighted by atomic mass is 9.47. The molecule has 0 saturated heterocycles. The second-order valence-electron chi connectivity index (χ2n) is 6.36. The minimum absolute atomic E-state index is 0. The van der Waals surface area contributed by atoms with Crippen LogP contribution in [-0.4, -0.2) is 19.6 Å². The highest BCUT2D eigenvalue weighted by Crippen LogP contribution is 2.61. The standard InChI is InChI=1S/C13H24N2.ClH/c1-15-12(8-14)13-5-9-2-10(6-13)4-11(3-9)7-13;/h9-12,15H,2-8,14H2,1H3;1H. The van der Waals surface area contributed by atoms with Gasteiger partial charge in [0.05, 0.1) is 0 Å². The molecule has 0 heterocycles. The quantitative estimate of drug-likeness (QED) is 0.799. The normalized spacial score (nSPS) is 46.5. The zero-order valence-corrected chi connectivity index (χ0v) is 11.1. The second kappa shape index (κ2) is 4.47. The molecule has 4 bridgehead atoms. The maximum absolute atomic E-state index is 5.94. The summed E-state index contributed by atoms with van der Waals surface area (Å²) in [5.74, 6) is 3.12. The van der Waals surface area contributed by atoms with Crippen LogP contribution in [0, 0.1) is 23.2 Å². The van der Waals surface area contributed by atoms with Crippen molar-refractivity contribution >= 4 is 12.4 Å². The van der Waals surface area contributed by atoms with Crippen LogP contribution in [0.25, 0.3) is 0 Å². The van der Waals surface area contributed by atoms with Crippen molar-refractivity contribution in [2.75, 3.05) is 13.6 Å². The monoisotopic (exact) mass is 244 g/mol. The fourth-order valence-electron chi connectivity index (χ4n) is 5.28. The molecular formula is C13H25ClN2. The number of nitrogens with two attached hydrogens (primary N) is 1. The van der Waals surface area contributed by atoms with Gasteiger partial charge in [0.15, 0.2) is 0 Å². The van der Waals surface area contributed by atoms with Crippen LogP contribution >= 0.6 is 12.4 Å². The van der Waals surface area contributed by atoms with Gasteiger partial charge in [-0.2, -0.15) is 0 Å². The minimum atomic E-state index is 0. The van der Waals surface area contributed by atoms with Crippen LogP contribution in [0.2, 0.25) is 0 Å². The van der Waals surface area contributed by atoms with Crippen molar-refractivity contribution in [3.05, 3.63) is 0 Å². The molecule has 0 aromatic heterocycles. The first kappa shape index (κ1) is 12.7. The molecule has 0 aromatic rings. The Labute approximate surface area is 105 Å². The molecule has 2 nitrogen and oxygen atoms in total. The fraction of sp³-hybridized carbons (Fsp3) is 1.00. The lowest BCUT2D eigenvalue weighted by Gasteiger charge is -2.59. The summed E-state index contributed by atoms with van der Waals surface area (Å²) in [4.78, 5) is 0. The molecule has 16 heavy (non-hydrogen) atoms. The van der Waals surface area contributed by atoms with Gasteiger partial charge in [0.25, 0.3) is 0 Å². The van der Waals surface area contributed by atoms with Crippen molar-refractivity contribution in [3.8, 4) is 0 Å². The summed E-state index contributed by atoms with van der Waals surface area (Å²) >= 11 is 0. The molecule has 1 unspecified atom stereocenters. The molecule has 4 aliphatic rings. The van der Waals surface area contributed by atoms with Crippen LogP contribution in [0.15, 0.2) is 0 Å². The molecule has 3 N–H and O–H groups in total. The number of rotatable bonds is 3. The summed E-state index contributed by atoms with van der Waals surface area (Å²) in [6, 6.07) is 0.575. The summed E-state index contributed by atoms with van der Waals surface area (Å²) in [7, 11) is 2.09. The molecule has 4 rings (SSSR count). The Morgan fingerprint density at radius 1 is 1.12 bits per heavy atom. The van der Waals surface area contributed by atoms with Gasteiger partial charge in [-0.05, 0) is 68.7 Å². The third kappa shape index (κ3) is 1.79. The zero-order valence-electron chi connectivity index (χ0n) is 10.2. The molecule has 1 atom stereocenters. The van der Waals surface area contributed by atoms with Crippen LogP contribution in [0.1, 0.15) is 38.5 Å². The van der Waals surface area contributed by atoms with Gasteiger partial charge in [-0.25, -0.2) is 0 Å². The minimum Gasteiger partial charge on any atom is -0.329 e. The summed E-state index contributed by atoms with van der Waals surface area (Å²) in [5, 5.41) is 3.48. The van der Waals surface area contributed by atoms with E-state index < -0.39 is 0 Å². The van der Waals surface area contributed by atoms with E-state index in [0.717, 1.165) is 24.3 Å². The van der Waals surface area contributed by atoms with Crippen LogP contribution in [0.3, 0.4) is 0 Å². The predicted molar refractivity (Wildman–Crippen MR) is 69.8 cm³/mol. The second-order valence-corrected chi connectivity index (χ2v) is 6.36. The van der Waals surface area contributed by atoms with E-state index in [0.29, 0.717) is 11.5 Å². The molecular weight excluding hydrogens is 220 g/mol. The highest BCUT2D eigenvalue weighted by molar-refractivity contribution is 5.85. The van der Waals surface area contributed by atoms with Gasteiger partial charge in [0, 0.05) is 12.6 Å². The lowest BCUT2D eigenvalue weighted by molar-refractivity contribution is -0.0707. The molecule has 4 aliphatic carbocycles. The third-order valence-corrected chi connectivity index (χ3v) is 5.41. The van der Waals surface area contributed by atoms with Crippen LogP contribution < -0.4 is 11.1 Å². The first-order chi connectivity index (χ1) is 7.25. The molecule has 4 fully saturated rings. The highest BCUT2D eigenvalue weighted by atomic mass is 35.5. The molecule has 0 spiro atoms. The Morgan fingerprint density at radius 2 is 1.56 bits per heavy atom. The Hall–Kier alpha value is 0.210. The van der Waals surface area contributed by atoms with Crippen molar-refractivity contribution in [1.82, 2.24) is 5.32 Å². The first-order valence-corrected chi connectivity index (χ1v) is 6.63. The van der Waals surface area contributed by atoms with Gasteiger partial charge < -0.3 is 11.1 Å². The van der Waals surface area contributed by atoms with Crippen LogP contribution in [-0.2, 0) is 0 Å². The van der Waals surface area contributed by atoms with Gasteiger partial charge in [-0.3, -0.25) is 0 Å². The lowest BCUT2D eigenvalue weighted by Crippen LogP contribution is -2.57. The van der Waals surface area contributed by atoms with E-state index in [1.54, 1.807) is 0 Å². The van der Waals surface area contributed by atoms with Crippen molar-refractivity contribution in [2.45, 2.75) is 44.6 Å².